The zero-order valence-electron chi connectivity index (χ0n) is 11.0. The summed E-state index contributed by atoms with van der Waals surface area (Å²) in [6.07, 6.45) is 0. The Morgan fingerprint density at radius 1 is 1.47 bits per heavy atom. The second-order valence-electron chi connectivity index (χ2n) is 4.43. The van der Waals surface area contributed by atoms with Crippen LogP contribution in [0.4, 0.5) is 5.69 Å². The van der Waals surface area contributed by atoms with Crippen molar-refractivity contribution in [2.45, 2.75) is 6.92 Å². The van der Waals surface area contributed by atoms with E-state index in [0.29, 0.717) is 17.9 Å². The van der Waals surface area contributed by atoms with E-state index in [1.54, 1.807) is 0 Å². The molecule has 0 radical (unpaired) electrons. The molecule has 2 aromatic rings. The molecule has 102 valence electrons. The first-order valence-corrected chi connectivity index (χ1v) is 6.62. The molecule has 0 aliphatic rings. The number of likely N-dealkylation sites (N-methyl/N-ethyl adjacent to an activating group) is 1. The van der Waals surface area contributed by atoms with Gasteiger partial charge in [-0.1, -0.05) is 0 Å². The molecule has 19 heavy (non-hydrogen) atoms. The lowest BCUT2D eigenvalue weighted by Crippen LogP contribution is -2.19. The van der Waals surface area contributed by atoms with E-state index in [4.69, 9.17) is 4.74 Å². The maximum atomic E-state index is 11.1. The monoisotopic (exact) mass is 281 g/mol. The number of nitro benzene ring substituents is 1. The smallest absolute Gasteiger partial charge is 0.300 e. The standard InChI is InChI=1S/C12H15N3O3S/c1-8-13-12-10(15(16)17)6-9(7-11(12)19-8)18-5-4-14(2)3/h6-7H,4-5H2,1-3H3. The van der Waals surface area contributed by atoms with E-state index >= 15 is 0 Å². The van der Waals surface area contributed by atoms with Crippen molar-refractivity contribution in [3.8, 4) is 5.75 Å². The summed E-state index contributed by atoms with van der Waals surface area (Å²) in [5, 5.41) is 11.9. The molecular weight excluding hydrogens is 266 g/mol. The fourth-order valence-electron chi connectivity index (χ4n) is 1.67. The molecule has 1 aromatic carbocycles. The predicted octanol–water partition coefficient (Wildman–Crippen LogP) is 2.45. The third-order valence-corrected chi connectivity index (χ3v) is 3.48. The Bertz CT molecular complexity index is 610. The van der Waals surface area contributed by atoms with E-state index in [9.17, 15) is 10.1 Å². The van der Waals surface area contributed by atoms with Crippen molar-refractivity contribution in [3.63, 3.8) is 0 Å². The van der Waals surface area contributed by atoms with Gasteiger partial charge in [-0.05, 0) is 21.0 Å². The number of hydrogen-bond acceptors (Lipinski definition) is 6. The minimum absolute atomic E-state index is 0.00158. The zero-order chi connectivity index (χ0) is 14.0. The SMILES string of the molecule is Cc1nc2c([N+](=O)[O-])cc(OCCN(C)C)cc2s1. The van der Waals surface area contributed by atoms with E-state index in [2.05, 4.69) is 4.98 Å². The highest BCUT2D eigenvalue weighted by atomic mass is 32.1. The number of aromatic nitrogens is 1. The Labute approximate surface area is 114 Å². The summed E-state index contributed by atoms with van der Waals surface area (Å²) in [7, 11) is 3.89. The molecule has 0 N–H and O–H groups in total. The lowest BCUT2D eigenvalue weighted by Gasteiger charge is -2.10. The second-order valence-corrected chi connectivity index (χ2v) is 5.67. The molecule has 0 saturated carbocycles. The van der Waals surface area contributed by atoms with Crippen LogP contribution in [-0.2, 0) is 0 Å². The van der Waals surface area contributed by atoms with Gasteiger partial charge in [0.1, 0.15) is 12.4 Å². The number of thiazole rings is 1. The molecule has 0 aliphatic heterocycles. The summed E-state index contributed by atoms with van der Waals surface area (Å²) in [5.41, 5.74) is 0.439. The fourth-order valence-corrected chi connectivity index (χ4v) is 2.54. The van der Waals surface area contributed by atoms with Crippen LogP contribution in [0, 0.1) is 17.0 Å². The predicted molar refractivity (Wildman–Crippen MR) is 75.1 cm³/mol. The van der Waals surface area contributed by atoms with E-state index in [1.165, 1.54) is 17.4 Å². The van der Waals surface area contributed by atoms with Gasteiger partial charge in [0, 0.05) is 12.6 Å². The van der Waals surface area contributed by atoms with Crippen LogP contribution in [0.15, 0.2) is 12.1 Å². The van der Waals surface area contributed by atoms with Crippen LogP contribution in [-0.4, -0.2) is 42.1 Å². The Balaban J connectivity index is 2.32. The van der Waals surface area contributed by atoms with Crippen LogP contribution in [0.3, 0.4) is 0 Å². The summed E-state index contributed by atoms with van der Waals surface area (Å²) in [6, 6.07) is 3.25. The second kappa shape index (κ2) is 5.50. The molecule has 0 fully saturated rings. The van der Waals surface area contributed by atoms with Gasteiger partial charge in [0.25, 0.3) is 5.69 Å². The van der Waals surface area contributed by atoms with Crippen LogP contribution in [0.2, 0.25) is 0 Å². The minimum Gasteiger partial charge on any atom is -0.492 e. The van der Waals surface area contributed by atoms with E-state index in [0.717, 1.165) is 16.3 Å². The van der Waals surface area contributed by atoms with Crippen LogP contribution < -0.4 is 4.74 Å². The number of rotatable bonds is 5. The van der Waals surface area contributed by atoms with Gasteiger partial charge in [-0.25, -0.2) is 4.98 Å². The topological polar surface area (TPSA) is 68.5 Å². The van der Waals surface area contributed by atoms with Gasteiger partial charge in [-0.15, -0.1) is 11.3 Å². The number of hydrogen-bond donors (Lipinski definition) is 0. The van der Waals surface area contributed by atoms with Crippen molar-refractivity contribution in [1.29, 1.82) is 0 Å². The lowest BCUT2D eigenvalue weighted by atomic mass is 10.2. The van der Waals surface area contributed by atoms with Crippen molar-refractivity contribution in [2.24, 2.45) is 0 Å². The van der Waals surface area contributed by atoms with Gasteiger partial charge in [-0.3, -0.25) is 10.1 Å². The molecule has 7 heteroatoms. The molecule has 0 amide bonds. The Morgan fingerprint density at radius 2 is 2.21 bits per heavy atom. The molecular formula is C12H15N3O3S. The molecule has 0 bridgehead atoms. The quantitative estimate of drug-likeness (QED) is 0.622. The van der Waals surface area contributed by atoms with Gasteiger partial charge in [0.05, 0.1) is 20.7 Å². The van der Waals surface area contributed by atoms with E-state index < -0.39 is 4.92 Å². The van der Waals surface area contributed by atoms with Crippen molar-refractivity contribution >= 4 is 27.2 Å². The van der Waals surface area contributed by atoms with Crippen LogP contribution in [0.25, 0.3) is 10.2 Å². The van der Waals surface area contributed by atoms with Crippen LogP contribution >= 0.6 is 11.3 Å². The van der Waals surface area contributed by atoms with Crippen molar-refractivity contribution in [3.05, 3.63) is 27.3 Å². The summed E-state index contributed by atoms with van der Waals surface area (Å²) in [5.74, 6) is 0.518. The third kappa shape index (κ3) is 3.18. The molecule has 2 rings (SSSR count). The number of benzene rings is 1. The first-order chi connectivity index (χ1) is 8.97. The average molecular weight is 281 g/mol. The van der Waals surface area contributed by atoms with E-state index in [-0.39, 0.29) is 5.69 Å². The molecule has 6 nitrogen and oxygen atoms in total. The van der Waals surface area contributed by atoms with Crippen LogP contribution in [0.1, 0.15) is 5.01 Å². The maximum Gasteiger partial charge on any atom is 0.300 e. The first-order valence-electron chi connectivity index (χ1n) is 5.80. The molecule has 0 spiro atoms. The minimum atomic E-state index is -0.416. The Hall–Kier alpha value is -1.73. The number of nitro groups is 1. The Morgan fingerprint density at radius 3 is 2.84 bits per heavy atom. The highest BCUT2D eigenvalue weighted by Gasteiger charge is 2.18. The van der Waals surface area contributed by atoms with E-state index in [1.807, 2.05) is 32.0 Å². The lowest BCUT2D eigenvalue weighted by molar-refractivity contribution is -0.383. The van der Waals surface area contributed by atoms with Crippen molar-refractivity contribution in [1.82, 2.24) is 9.88 Å². The van der Waals surface area contributed by atoms with Gasteiger partial charge in [0.15, 0.2) is 5.52 Å². The largest absolute Gasteiger partial charge is 0.492 e. The number of aryl methyl sites for hydroxylation is 1. The summed E-state index contributed by atoms with van der Waals surface area (Å²) in [4.78, 5) is 16.8. The van der Waals surface area contributed by atoms with Gasteiger partial charge >= 0.3 is 0 Å². The number of non-ortho nitro benzene ring substituents is 1. The molecule has 0 unspecified atom stereocenters. The third-order valence-electron chi connectivity index (χ3n) is 2.56. The van der Waals surface area contributed by atoms with Crippen molar-refractivity contribution < 1.29 is 9.66 Å². The molecule has 0 atom stereocenters. The van der Waals surface area contributed by atoms with Crippen LogP contribution in [0.5, 0.6) is 5.75 Å². The Kier molecular flexibility index (Phi) is 3.96. The fraction of sp³-hybridized carbons (Fsp3) is 0.417. The van der Waals surface area contributed by atoms with Gasteiger partial charge < -0.3 is 9.64 Å². The summed E-state index contributed by atoms with van der Waals surface area (Å²) >= 11 is 1.43. The first kappa shape index (κ1) is 13.7. The summed E-state index contributed by atoms with van der Waals surface area (Å²) < 4.78 is 6.34. The number of nitrogens with zero attached hydrogens (tertiary/aromatic N) is 3. The maximum absolute atomic E-state index is 11.1. The average Bonchev–Trinajstić information content (AvgIpc) is 2.67. The number of ether oxygens (including phenoxy) is 1. The normalized spacial score (nSPS) is 11.2. The zero-order valence-corrected chi connectivity index (χ0v) is 11.9. The molecule has 1 heterocycles. The molecule has 1 aromatic heterocycles. The number of fused-ring (bicyclic) bond motifs is 1. The highest BCUT2D eigenvalue weighted by molar-refractivity contribution is 7.18. The van der Waals surface area contributed by atoms with Gasteiger partial charge in [-0.2, -0.15) is 0 Å². The molecule has 0 saturated heterocycles. The van der Waals surface area contributed by atoms with Gasteiger partial charge in [0.2, 0.25) is 0 Å². The van der Waals surface area contributed by atoms with Crippen molar-refractivity contribution in [2.75, 3.05) is 27.2 Å². The summed E-state index contributed by atoms with van der Waals surface area (Å²) in [6.45, 7) is 3.09. The highest BCUT2D eigenvalue weighted by Crippen LogP contribution is 2.33. The molecule has 0 aliphatic carbocycles.